The summed E-state index contributed by atoms with van der Waals surface area (Å²) < 4.78 is 0. The molecule has 142 valence electrons. The fourth-order valence-corrected chi connectivity index (χ4v) is 5.37. The summed E-state index contributed by atoms with van der Waals surface area (Å²) in [4.78, 5) is 14.9. The first-order chi connectivity index (χ1) is 12.8. The monoisotopic (exact) mass is 355 g/mol. The van der Waals surface area contributed by atoms with Crippen LogP contribution in [0.15, 0.2) is 30.3 Å². The van der Waals surface area contributed by atoms with Crippen molar-refractivity contribution in [3.63, 3.8) is 0 Å². The van der Waals surface area contributed by atoms with E-state index in [1.807, 2.05) is 0 Å². The van der Waals surface area contributed by atoms with Crippen LogP contribution < -0.4 is 10.6 Å². The number of fused-ring (bicyclic) bond motifs is 2. The van der Waals surface area contributed by atoms with Crippen molar-refractivity contribution in [1.29, 1.82) is 0 Å². The lowest BCUT2D eigenvalue weighted by molar-refractivity contribution is 0.111. The molecule has 2 aliphatic heterocycles. The van der Waals surface area contributed by atoms with Gasteiger partial charge < -0.3 is 10.6 Å². The number of benzene rings is 1. The van der Waals surface area contributed by atoms with E-state index in [1.165, 1.54) is 44.1 Å². The molecule has 0 spiro atoms. The largest absolute Gasteiger partial charge is 0.338 e. The summed E-state index contributed by atoms with van der Waals surface area (Å²) in [7, 11) is 0. The Morgan fingerprint density at radius 1 is 1.00 bits per heavy atom. The first-order valence-corrected chi connectivity index (χ1v) is 10.6. The highest BCUT2D eigenvalue weighted by Crippen LogP contribution is 2.36. The van der Waals surface area contributed by atoms with E-state index >= 15 is 0 Å². The molecule has 2 amide bonds. The lowest BCUT2D eigenvalue weighted by atomic mass is 9.96. The van der Waals surface area contributed by atoms with Gasteiger partial charge in [-0.1, -0.05) is 56.0 Å². The number of rotatable bonds is 6. The molecule has 1 saturated carbocycles. The topological polar surface area (TPSA) is 44.4 Å². The van der Waals surface area contributed by atoms with E-state index in [0.717, 1.165) is 38.3 Å². The third-order valence-electron chi connectivity index (χ3n) is 6.74. The maximum atomic E-state index is 12.3. The van der Waals surface area contributed by atoms with E-state index < -0.39 is 0 Å². The van der Waals surface area contributed by atoms with Crippen molar-refractivity contribution in [2.45, 2.75) is 82.5 Å². The first kappa shape index (κ1) is 17.8. The van der Waals surface area contributed by atoms with Crippen molar-refractivity contribution in [1.82, 2.24) is 15.5 Å². The molecule has 1 aromatic carbocycles. The van der Waals surface area contributed by atoms with Crippen LogP contribution in [0, 0.1) is 5.92 Å². The molecule has 26 heavy (non-hydrogen) atoms. The third-order valence-corrected chi connectivity index (χ3v) is 6.74. The van der Waals surface area contributed by atoms with Crippen LogP contribution >= 0.6 is 0 Å². The maximum absolute atomic E-state index is 12.3. The number of urea groups is 1. The van der Waals surface area contributed by atoms with Crippen molar-refractivity contribution in [3.8, 4) is 0 Å². The van der Waals surface area contributed by atoms with Gasteiger partial charge in [-0.05, 0) is 43.6 Å². The van der Waals surface area contributed by atoms with Crippen molar-refractivity contribution in [3.05, 3.63) is 35.9 Å². The lowest BCUT2D eigenvalue weighted by Gasteiger charge is -2.39. The van der Waals surface area contributed by atoms with Crippen LogP contribution in [0.5, 0.6) is 0 Å². The minimum atomic E-state index is 0.0453. The molecule has 2 unspecified atom stereocenters. The van der Waals surface area contributed by atoms with Crippen molar-refractivity contribution < 1.29 is 4.79 Å². The smallest absolute Gasteiger partial charge is 0.315 e. The zero-order valence-electron chi connectivity index (χ0n) is 15.8. The number of carbonyl (C=O) groups excluding carboxylic acids is 1. The van der Waals surface area contributed by atoms with Gasteiger partial charge in [0.1, 0.15) is 0 Å². The van der Waals surface area contributed by atoms with E-state index in [9.17, 15) is 4.79 Å². The number of hydrogen-bond acceptors (Lipinski definition) is 2. The number of hydrogen-bond donors (Lipinski definition) is 2. The molecule has 2 bridgehead atoms. The van der Waals surface area contributed by atoms with Crippen molar-refractivity contribution in [2.24, 2.45) is 5.92 Å². The summed E-state index contributed by atoms with van der Waals surface area (Å²) >= 11 is 0. The van der Waals surface area contributed by atoms with Crippen molar-refractivity contribution in [2.75, 3.05) is 6.54 Å². The van der Waals surface area contributed by atoms with Gasteiger partial charge in [0.25, 0.3) is 0 Å². The molecule has 3 aliphatic rings. The molecular formula is C22H33N3O. The Bertz CT molecular complexity index is 570. The molecule has 4 heteroatoms. The second-order valence-corrected chi connectivity index (χ2v) is 8.55. The summed E-state index contributed by atoms with van der Waals surface area (Å²) in [6, 6.07) is 12.4. The lowest BCUT2D eigenvalue weighted by Crippen LogP contribution is -2.52. The van der Waals surface area contributed by atoms with Gasteiger partial charge in [-0.2, -0.15) is 0 Å². The van der Waals surface area contributed by atoms with Crippen LogP contribution in [0.25, 0.3) is 0 Å². The second-order valence-electron chi connectivity index (χ2n) is 8.55. The summed E-state index contributed by atoms with van der Waals surface area (Å²) in [5, 5.41) is 6.35. The molecule has 2 atom stereocenters. The number of piperidine rings is 1. The molecule has 0 aromatic heterocycles. The Kier molecular flexibility index (Phi) is 5.78. The Morgan fingerprint density at radius 3 is 2.38 bits per heavy atom. The summed E-state index contributed by atoms with van der Waals surface area (Å²) in [5.41, 5.74) is 1.40. The summed E-state index contributed by atoms with van der Waals surface area (Å²) in [6.45, 7) is 1.88. The molecule has 4 rings (SSSR count). The van der Waals surface area contributed by atoms with E-state index in [1.54, 1.807) is 0 Å². The summed E-state index contributed by atoms with van der Waals surface area (Å²) in [5.74, 6) is 0.840. The first-order valence-electron chi connectivity index (χ1n) is 10.6. The van der Waals surface area contributed by atoms with Gasteiger partial charge in [0.05, 0.1) is 0 Å². The highest BCUT2D eigenvalue weighted by Gasteiger charge is 2.40. The van der Waals surface area contributed by atoms with Crippen LogP contribution in [0.2, 0.25) is 0 Å². The van der Waals surface area contributed by atoms with E-state index in [0.29, 0.717) is 18.1 Å². The van der Waals surface area contributed by atoms with Gasteiger partial charge in [0.2, 0.25) is 0 Å². The zero-order valence-corrected chi connectivity index (χ0v) is 15.8. The average molecular weight is 356 g/mol. The minimum absolute atomic E-state index is 0.0453. The third kappa shape index (κ3) is 4.40. The van der Waals surface area contributed by atoms with Gasteiger partial charge in [-0.25, -0.2) is 4.79 Å². The van der Waals surface area contributed by atoms with Gasteiger partial charge in [-0.15, -0.1) is 0 Å². The normalized spacial score (nSPS) is 29.0. The summed E-state index contributed by atoms with van der Waals surface area (Å²) in [6.07, 6.45) is 11.4. The minimum Gasteiger partial charge on any atom is -0.338 e. The Labute approximate surface area is 157 Å². The number of amides is 2. The number of nitrogens with one attached hydrogen (secondary N) is 2. The molecule has 1 aromatic rings. The maximum Gasteiger partial charge on any atom is 0.315 e. The van der Waals surface area contributed by atoms with Crippen LogP contribution in [0.1, 0.15) is 63.4 Å². The zero-order chi connectivity index (χ0) is 17.8. The van der Waals surface area contributed by atoms with Crippen LogP contribution in [0.4, 0.5) is 4.79 Å². The van der Waals surface area contributed by atoms with Crippen LogP contribution in [-0.2, 0) is 6.54 Å². The Hall–Kier alpha value is -1.55. The molecule has 2 saturated heterocycles. The fourth-order valence-electron chi connectivity index (χ4n) is 5.37. The van der Waals surface area contributed by atoms with E-state index in [2.05, 4.69) is 45.9 Å². The number of carbonyl (C=O) groups is 1. The Morgan fingerprint density at radius 2 is 1.69 bits per heavy atom. The van der Waals surface area contributed by atoms with E-state index in [-0.39, 0.29) is 6.03 Å². The molecule has 0 radical (unpaired) electrons. The SMILES string of the molecule is O=C(NCCC1CCCC1)NC1CC2CCC(C1)N2Cc1ccccc1. The highest BCUT2D eigenvalue weighted by molar-refractivity contribution is 5.74. The molecule has 1 aliphatic carbocycles. The predicted octanol–water partition coefficient (Wildman–Crippen LogP) is 4.06. The van der Waals surface area contributed by atoms with Crippen LogP contribution in [0.3, 0.4) is 0 Å². The van der Waals surface area contributed by atoms with Gasteiger partial charge in [0, 0.05) is 31.2 Å². The van der Waals surface area contributed by atoms with Gasteiger partial charge in [0.15, 0.2) is 0 Å². The Balaban J connectivity index is 1.21. The molecule has 2 N–H and O–H groups in total. The highest BCUT2D eigenvalue weighted by atomic mass is 16.2. The molecule has 2 heterocycles. The van der Waals surface area contributed by atoms with E-state index in [4.69, 9.17) is 0 Å². The van der Waals surface area contributed by atoms with Gasteiger partial charge >= 0.3 is 6.03 Å². The number of nitrogens with zero attached hydrogens (tertiary/aromatic N) is 1. The molecular weight excluding hydrogens is 322 g/mol. The van der Waals surface area contributed by atoms with Crippen LogP contribution in [-0.4, -0.2) is 35.6 Å². The standard InChI is InChI=1S/C22H33N3O/c26-22(23-13-12-17-6-4-5-7-17)24-19-14-20-10-11-21(15-19)25(20)16-18-8-2-1-3-9-18/h1-3,8-9,17,19-21H,4-7,10-16H2,(H2,23,24,26). The molecule has 4 nitrogen and oxygen atoms in total. The average Bonchev–Trinajstić information content (AvgIpc) is 3.23. The predicted molar refractivity (Wildman–Crippen MR) is 105 cm³/mol. The fraction of sp³-hybridized carbons (Fsp3) is 0.682. The quantitative estimate of drug-likeness (QED) is 0.808. The van der Waals surface area contributed by atoms with Crippen molar-refractivity contribution >= 4 is 6.03 Å². The second kappa shape index (κ2) is 8.43. The molecule has 3 fully saturated rings. The van der Waals surface area contributed by atoms with Gasteiger partial charge in [-0.3, -0.25) is 4.90 Å².